The molecular weight excluding hydrogens is 659 g/mol. The number of carbonyl (C=O) groups excluding carboxylic acids is 1. The first-order chi connectivity index (χ1) is 16.3. The number of alkyl halides is 6. The molecule has 0 aliphatic rings. The second-order valence-electron chi connectivity index (χ2n) is 6.94. The van der Waals surface area contributed by atoms with Gasteiger partial charge in [0.1, 0.15) is 6.20 Å². The number of esters is 1. The Hall–Kier alpha value is -1.93. The molecule has 1 aromatic carbocycles. The minimum absolute atomic E-state index is 0.285. The summed E-state index contributed by atoms with van der Waals surface area (Å²) in [4.78, 5) is 12.0. The van der Waals surface area contributed by atoms with E-state index < -0.39 is 31.1 Å². The molecule has 1 heterocycles. The van der Waals surface area contributed by atoms with Crippen molar-refractivity contribution in [1.29, 1.82) is 0 Å². The van der Waals surface area contributed by atoms with E-state index in [1.54, 1.807) is 12.1 Å². The molecule has 1 aromatic heterocycles. The molecule has 0 radical (unpaired) electrons. The van der Waals surface area contributed by atoms with E-state index in [-0.39, 0.29) is 5.97 Å². The molecule has 18 heteroatoms. The van der Waals surface area contributed by atoms with Gasteiger partial charge in [-0.3, -0.25) is 0 Å². The van der Waals surface area contributed by atoms with E-state index in [0.29, 0.717) is 12.2 Å². The van der Waals surface area contributed by atoms with Gasteiger partial charge in [0.05, 0.1) is 19.2 Å². The molecule has 0 bridgehead atoms. The van der Waals surface area contributed by atoms with Gasteiger partial charge >= 0.3 is 17.0 Å². The molecule has 0 N–H and O–H groups in total. The van der Waals surface area contributed by atoms with Crippen molar-refractivity contribution in [1.82, 2.24) is 4.57 Å². The largest absolute Gasteiger partial charge is 0.480 e. The molecule has 0 aliphatic heterocycles. The van der Waals surface area contributed by atoms with Gasteiger partial charge in [-0.05, 0) is 53.3 Å². The van der Waals surface area contributed by atoms with Crippen molar-refractivity contribution in [2.45, 2.75) is 43.9 Å². The summed E-state index contributed by atoms with van der Waals surface area (Å²) in [5.74, 6) is -0.285. The Kier molecular flexibility index (Phi) is 11.2. The van der Waals surface area contributed by atoms with Gasteiger partial charge in [0.25, 0.3) is 0 Å². The lowest BCUT2D eigenvalue weighted by atomic mass is 10.2. The van der Waals surface area contributed by atoms with Crippen LogP contribution in [0.1, 0.15) is 35.8 Å². The van der Waals surface area contributed by atoms with Crippen molar-refractivity contribution in [3.63, 3.8) is 0 Å². The van der Waals surface area contributed by atoms with E-state index in [4.69, 9.17) is 4.74 Å². The highest BCUT2D eigenvalue weighted by atomic mass is 127. The monoisotopic (exact) mass is 679 g/mol. The Bertz CT molecular complexity index is 1200. The molecule has 0 saturated carbocycles. The summed E-state index contributed by atoms with van der Waals surface area (Å²) < 4.78 is 120. The van der Waals surface area contributed by atoms with Crippen LogP contribution in [0.4, 0.5) is 26.3 Å². The Labute approximate surface area is 216 Å². The van der Waals surface area contributed by atoms with Gasteiger partial charge in [0.15, 0.2) is 32.3 Å². The number of aromatic nitrogens is 2. The molecule has 2 aromatic rings. The smallest absolute Gasteiger partial charge is 0.453 e. The highest BCUT2D eigenvalue weighted by Gasteiger charge is 2.46. The zero-order valence-electron chi connectivity index (χ0n) is 18.5. The number of rotatable bonds is 8. The van der Waals surface area contributed by atoms with Crippen LogP contribution >= 0.6 is 22.6 Å². The summed E-state index contributed by atoms with van der Waals surface area (Å²) in [6, 6.07) is 7.38. The maximum atomic E-state index is 12.0. The summed E-state index contributed by atoms with van der Waals surface area (Å²) >= 11 is 2.21. The van der Waals surface area contributed by atoms with E-state index in [0.717, 1.165) is 26.4 Å². The Morgan fingerprint density at radius 1 is 1.03 bits per heavy atom. The first kappa shape index (κ1) is 32.1. The summed E-state index contributed by atoms with van der Waals surface area (Å²) in [5.41, 5.74) is -10.8. The summed E-state index contributed by atoms with van der Waals surface area (Å²) in [5, 5.41) is 0. The van der Waals surface area contributed by atoms with E-state index in [2.05, 4.69) is 34.1 Å². The van der Waals surface area contributed by atoms with E-state index >= 15 is 0 Å². The van der Waals surface area contributed by atoms with Gasteiger partial charge in [-0.2, -0.15) is 26.3 Å². The number of hydrogen-bond donors (Lipinski definition) is 0. The normalized spacial score (nSPS) is 12.6. The van der Waals surface area contributed by atoms with Crippen LogP contribution in [0.15, 0.2) is 36.8 Å². The number of hydrogen-bond acceptors (Lipinski definition) is 6. The molecule has 36 heavy (non-hydrogen) atoms. The molecule has 2 rings (SSSR count). The first-order valence-electron chi connectivity index (χ1n) is 9.64. The van der Waals surface area contributed by atoms with E-state index in [1.807, 2.05) is 36.3 Å². The Balaban J connectivity index is 0.000000384. The number of imidazole rings is 1. The third-order valence-corrected chi connectivity index (χ3v) is 7.53. The fourth-order valence-electron chi connectivity index (χ4n) is 2.24. The second kappa shape index (κ2) is 12.5. The molecule has 0 amide bonds. The lowest BCUT2D eigenvalue weighted by Gasteiger charge is -2.22. The van der Waals surface area contributed by atoms with Crippen LogP contribution in [0.3, 0.4) is 0 Å². The minimum Gasteiger partial charge on any atom is -0.453 e. The number of halogens is 7. The maximum absolute atomic E-state index is 12.0. The summed E-state index contributed by atoms with van der Waals surface area (Å²) in [7, 11) is -11.5. The van der Waals surface area contributed by atoms with E-state index in [1.165, 1.54) is 6.42 Å². The minimum atomic E-state index is -6.72. The fraction of sp³-hybridized carbons (Fsp3) is 0.444. The number of sulfonamides is 2. The third-order valence-electron chi connectivity index (χ3n) is 4.07. The molecule has 0 saturated heterocycles. The molecule has 0 unspecified atom stereocenters. The Morgan fingerprint density at radius 2 is 1.53 bits per heavy atom. The van der Waals surface area contributed by atoms with Crippen LogP contribution < -0.4 is 4.57 Å². The predicted molar refractivity (Wildman–Crippen MR) is 122 cm³/mol. The van der Waals surface area contributed by atoms with Crippen LogP contribution in [0.25, 0.3) is 4.13 Å². The zero-order chi connectivity index (χ0) is 27.9. The summed E-state index contributed by atoms with van der Waals surface area (Å²) in [6.07, 6.45) is 6.39. The zero-order valence-corrected chi connectivity index (χ0v) is 22.3. The van der Waals surface area contributed by atoms with Crippen molar-refractivity contribution < 1.29 is 57.3 Å². The molecule has 204 valence electrons. The second-order valence-corrected chi connectivity index (χ2v) is 11.6. The van der Waals surface area contributed by atoms with Crippen LogP contribution in [0.5, 0.6) is 0 Å². The number of nitrogens with zero attached hydrogens (tertiary/aromatic N) is 3. The van der Waals surface area contributed by atoms with E-state index in [9.17, 15) is 48.0 Å². The molecule has 0 spiro atoms. The van der Waals surface area contributed by atoms with Gasteiger partial charge < -0.3 is 8.86 Å². The average Bonchev–Trinajstić information content (AvgIpc) is 3.08. The highest BCUT2D eigenvalue weighted by molar-refractivity contribution is 14.1. The van der Waals surface area contributed by atoms with Crippen LogP contribution in [0, 0.1) is 3.57 Å². The van der Waals surface area contributed by atoms with Gasteiger partial charge in [0, 0.05) is 3.57 Å². The standard InChI is InChI=1S/C16H20IN2O2.C2F6NO4S2/c1-3-4-9-19-10-15(18(2)12-19)11-21-16(20)13-5-7-14(17)8-6-13;3-1(4,5)14(10,11)9-15(12,13)2(6,7)8/h5-8,10,12H,3-4,9,11H2,1-2H3;/q+1;-1. The number of unbranched alkanes of at least 4 members (excludes halogenated alkanes) is 1. The van der Waals surface area contributed by atoms with Crippen LogP contribution in [-0.2, 0) is 45.0 Å². The molecule has 0 fully saturated rings. The summed E-state index contributed by atoms with van der Waals surface area (Å²) in [6.45, 7) is 3.46. The Morgan fingerprint density at radius 3 is 1.97 bits per heavy atom. The average molecular weight is 679 g/mol. The van der Waals surface area contributed by atoms with Gasteiger partial charge in [-0.1, -0.05) is 13.3 Å². The number of carbonyl (C=O) groups is 1. The van der Waals surface area contributed by atoms with Crippen molar-refractivity contribution in [3.05, 3.63) is 55.7 Å². The van der Waals surface area contributed by atoms with Gasteiger partial charge in [0.2, 0.25) is 6.33 Å². The number of benzene rings is 1. The molecule has 0 atom stereocenters. The maximum Gasteiger partial charge on any atom is 0.480 e. The predicted octanol–water partition coefficient (Wildman–Crippen LogP) is 4.13. The van der Waals surface area contributed by atoms with Crippen molar-refractivity contribution in [2.75, 3.05) is 0 Å². The lowest BCUT2D eigenvalue weighted by molar-refractivity contribution is -0.697. The topological polar surface area (TPSA) is 117 Å². The van der Waals surface area contributed by atoms with Crippen molar-refractivity contribution in [3.8, 4) is 0 Å². The molecule has 9 nitrogen and oxygen atoms in total. The number of aryl methyl sites for hydroxylation is 2. The van der Waals surface area contributed by atoms with Crippen LogP contribution in [-0.4, -0.2) is 38.4 Å². The lowest BCUT2D eigenvalue weighted by Crippen LogP contribution is -2.30. The number of ether oxygens (including phenoxy) is 1. The SMILES string of the molecule is CCCC[n+]1cc(COC(=O)c2ccc(I)cc2)n(C)c1.O=S(=O)([N-]S(=O)(=O)C(F)(F)F)C(F)(F)F. The third kappa shape index (κ3) is 9.51. The quantitative estimate of drug-likeness (QED) is 0.179. The fourth-order valence-corrected chi connectivity index (χ4v) is 4.31. The molecule has 0 aliphatic carbocycles. The van der Waals surface area contributed by atoms with Crippen molar-refractivity contribution in [2.24, 2.45) is 7.05 Å². The van der Waals surface area contributed by atoms with Gasteiger partial charge in [-0.25, -0.2) is 30.8 Å². The van der Waals surface area contributed by atoms with Crippen molar-refractivity contribution >= 4 is 48.6 Å². The van der Waals surface area contributed by atoms with Crippen LogP contribution in [0.2, 0.25) is 0 Å². The van der Waals surface area contributed by atoms with Gasteiger partial charge in [-0.15, -0.1) is 0 Å². The highest BCUT2D eigenvalue weighted by Crippen LogP contribution is 2.36. The molecular formula is C18H20F6IN3O6S2. The first-order valence-corrected chi connectivity index (χ1v) is 13.6.